The van der Waals surface area contributed by atoms with E-state index in [4.69, 9.17) is 51.1 Å². The third-order valence-corrected chi connectivity index (χ3v) is 3.52. The van der Waals surface area contributed by atoms with Crippen LogP contribution in [0, 0.1) is 0 Å². The van der Waals surface area contributed by atoms with E-state index in [1.165, 1.54) is 0 Å². The summed E-state index contributed by atoms with van der Waals surface area (Å²) in [4.78, 5) is 36.0. The molecule has 0 heterocycles. The molecule has 10 nitrogen and oxygen atoms in total. The van der Waals surface area contributed by atoms with Gasteiger partial charge in [0.2, 0.25) is 0 Å². The molecular weight excluding hydrogens is 372 g/mol. The quantitative estimate of drug-likeness (QED) is 0.389. The van der Waals surface area contributed by atoms with Gasteiger partial charge in [-0.15, -0.1) is 0 Å². The highest BCUT2D eigenvalue weighted by Gasteiger charge is 2.40. The van der Waals surface area contributed by atoms with Crippen LogP contribution < -0.4 is 11.5 Å². The smallest absolute Gasteiger partial charge is 0.300 e. The highest BCUT2D eigenvalue weighted by molar-refractivity contribution is 5.63. The monoisotopic (exact) mass is 412 g/mol. The normalized spacial score (nSPS) is 9.36. The molecule has 0 saturated heterocycles. The predicted molar refractivity (Wildman–Crippen MR) is 108 cm³/mol. The Morgan fingerprint density at radius 2 is 0.607 bits per heavy atom. The van der Waals surface area contributed by atoms with Gasteiger partial charge in [-0.05, 0) is 25.7 Å². The van der Waals surface area contributed by atoms with Crippen LogP contribution in [0.15, 0.2) is 0 Å². The van der Waals surface area contributed by atoms with Crippen molar-refractivity contribution >= 4 is 23.9 Å². The first-order valence-corrected chi connectivity index (χ1v) is 8.78. The molecule has 0 aliphatic rings. The first-order chi connectivity index (χ1) is 12.4. The zero-order valence-corrected chi connectivity index (χ0v) is 18.4. The Balaban J connectivity index is -0.0000000910. The van der Waals surface area contributed by atoms with Gasteiger partial charge in [0.05, 0.1) is 0 Å². The molecule has 0 radical (unpaired) electrons. The van der Waals surface area contributed by atoms with E-state index in [1.54, 1.807) is 0 Å². The van der Waals surface area contributed by atoms with Crippen LogP contribution in [0.2, 0.25) is 0 Å². The third-order valence-electron chi connectivity index (χ3n) is 3.52. The Morgan fingerprint density at radius 3 is 0.643 bits per heavy atom. The maximum atomic E-state index is 9.00. The standard InChI is InChI=1S/C10H24N2.4C2H4O2/c1-5-9(11,6-2)10(12,7-3)8-4;4*1-2(3)4/h5-8,11-12H2,1-4H3;4*1H3,(H,3,4). The van der Waals surface area contributed by atoms with Gasteiger partial charge in [-0.1, -0.05) is 27.7 Å². The van der Waals surface area contributed by atoms with Crippen molar-refractivity contribution in [2.24, 2.45) is 11.5 Å². The van der Waals surface area contributed by atoms with Crippen LogP contribution in [-0.4, -0.2) is 55.4 Å². The average Bonchev–Trinajstić information content (AvgIpc) is 2.51. The van der Waals surface area contributed by atoms with Crippen molar-refractivity contribution in [1.29, 1.82) is 0 Å². The van der Waals surface area contributed by atoms with Gasteiger partial charge < -0.3 is 31.9 Å². The number of carboxylic acids is 4. The van der Waals surface area contributed by atoms with Gasteiger partial charge in [0.25, 0.3) is 23.9 Å². The molecule has 0 bridgehead atoms. The fourth-order valence-electron chi connectivity index (χ4n) is 1.91. The second kappa shape index (κ2) is 21.1. The number of rotatable bonds is 5. The van der Waals surface area contributed by atoms with Crippen molar-refractivity contribution in [3.8, 4) is 0 Å². The van der Waals surface area contributed by atoms with Crippen molar-refractivity contribution in [3.63, 3.8) is 0 Å². The maximum absolute atomic E-state index is 9.00. The Kier molecular flexibility index (Phi) is 27.6. The zero-order chi connectivity index (χ0) is 24.1. The molecule has 10 heteroatoms. The molecule has 0 saturated carbocycles. The van der Waals surface area contributed by atoms with Crippen molar-refractivity contribution < 1.29 is 39.6 Å². The van der Waals surface area contributed by atoms with Crippen LogP contribution in [0.3, 0.4) is 0 Å². The number of carboxylic acid groups (broad SMARTS) is 4. The fraction of sp³-hybridized carbons (Fsp3) is 0.778. The van der Waals surface area contributed by atoms with Gasteiger partial charge in [0.15, 0.2) is 0 Å². The summed E-state index contributed by atoms with van der Waals surface area (Å²) in [6, 6.07) is 0. The molecule has 0 spiro atoms. The fourth-order valence-corrected chi connectivity index (χ4v) is 1.91. The van der Waals surface area contributed by atoms with Gasteiger partial charge in [0, 0.05) is 38.8 Å². The second-order valence-corrected chi connectivity index (χ2v) is 5.80. The lowest BCUT2D eigenvalue weighted by Crippen LogP contribution is -2.64. The lowest BCUT2D eigenvalue weighted by Gasteiger charge is -2.44. The van der Waals surface area contributed by atoms with E-state index in [0.717, 1.165) is 53.4 Å². The summed E-state index contributed by atoms with van der Waals surface area (Å²) in [5, 5.41) is 29.7. The van der Waals surface area contributed by atoms with E-state index in [0.29, 0.717) is 0 Å². The molecule has 0 aliphatic heterocycles. The van der Waals surface area contributed by atoms with Gasteiger partial charge in [-0.25, -0.2) is 0 Å². The summed E-state index contributed by atoms with van der Waals surface area (Å²) < 4.78 is 0. The molecular formula is C18H40N2O8. The van der Waals surface area contributed by atoms with E-state index in [2.05, 4.69) is 27.7 Å². The minimum atomic E-state index is -0.833. The zero-order valence-electron chi connectivity index (χ0n) is 18.4. The molecule has 0 aliphatic carbocycles. The van der Waals surface area contributed by atoms with Crippen LogP contribution in [0.4, 0.5) is 0 Å². The van der Waals surface area contributed by atoms with E-state index in [-0.39, 0.29) is 11.1 Å². The summed E-state index contributed by atoms with van der Waals surface area (Å²) in [6.07, 6.45) is 3.84. The van der Waals surface area contributed by atoms with E-state index < -0.39 is 23.9 Å². The minimum absolute atomic E-state index is 0.184. The van der Waals surface area contributed by atoms with Gasteiger partial charge in [0.1, 0.15) is 0 Å². The van der Waals surface area contributed by atoms with Crippen LogP contribution in [-0.2, 0) is 19.2 Å². The van der Waals surface area contributed by atoms with Gasteiger partial charge in [-0.3, -0.25) is 19.2 Å². The Labute approximate surface area is 167 Å². The number of aliphatic carboxylic acids is 4. The Hall–Kier alpha value is -2.20. The highest BCUT2D eigenvalue weighted by atomic mass is 16.4. The minimum Gasteiger partial charge on any atom is -0.481 e. The Bertz CT molecular complexity index is 351. The largest absolute Gasteiger partial charge is 0.481 e. The molecule has 0 unspecified atom stereocenters. The SMILES string of the molecule is CC(=O)O.CC(=O)O.CC(=O)O.CC(=O)O.CCC(N)(CC)C(N)(CC)CC. The molecule has 0 fully saturated rings. The molecule has 8 N–H and O–H groups in total. The van der Waals surface area contributed by atoms with E-state index in [9.17, 15) is 0 Å². The van der Waals surface area contributed by atoms with Crippen LogP contribution in [0.25, 0.3) is 0 Å². The van der Waals surface area contributed by atoms with E-state index >= 15 is 0 Å². The Morgan fingerprint density at radius 1 is 0.536 bits per heavy atom. The lowest BCUT2D eigenvalue weighted by molar-refractivity contribution is -0.135. The summed E-state index contributed by atoms with van der Waals surface area (Å²) in [7, 11) is 0. The van der Waals surface area contributed by atoms with Crippen LogP contribution >= 0.6 is 0 Å². The van der Waals surface area contributed by atoms with Crippen molar-refractivity contribution in [1.82, 2.24) is 0 Å². The van der Waals surface area contributed by atoms with Crippen LogP contribution in [0.5, 0.6) is 0 Å². The first-order valence-electron chi connectivity index (χ1n) is 8.78. The number of nitrogens with two attached hydrogens (primary N) is 2. The maximum Gasteiger partial charge on any atom is 0.300 e. The molecule has 0 aromatic heterocycles. The summed E-state index contributed by atoms with van der Waals surface area (Å²) in [6.45, 7) is 12.8. The number of hydrogen-bond acceptors (Lipinski definition) is 6. The second-order valence-electron chi connectivity index (χ2n) is 5.80. The molecule has 0 atom stereocenters. The van der Waals surface area contributed by atoms with Gasteiger partial charge in [-0.2, -0.15) is 0 Å². The van der Waals surface area contributed by atoms with Crippen molar-refractivity contribution in [2.45, 2.75) is 92.2 Å². The lowest BCUT2D eigenvalue weighted by atomic mass is 9.71. The van der Waals surface area contributed by atoms with Gasteiger partial charge >= 0.3 is 0 Å². The average molecular weight is 413 g/mol. The summed E-state index contributed by atoms with van der Waals surface area (Å²) in [5.74, 6) is -3.33. The topological polar surface area (TPSA) is 201 Å². The predicted octanol–water partition coefficient (Wildman–Crippen LogP) is 2.39. The van der Waals surface area contributed by atoms with E-state index in [1.807, 2.05) is 0 Å². The highest BCUT2D eigenvalue weighted by Crippen LogP contribution is 2.30. The summed E-state index contributed by atoms with van der Waals surface area (Å²) in [5.41, 5.74) is 12.2. The summed E-state index contributed by atoms with van der Waals surface area (Å²) >= 11 is 0. The van der Waals surface area contributed by atoms with Crippen molar-refractivity contribution in [3.05, 3.63) is 0 Å². The molecule has 170 valence electrons. The first kappa shape index (κ1) is 36.7. The number of hydrogen-bond donors (Lipinski definition) is 6. The molecule has 28 heavy (non-hydrogen) atoms. The molecule has 0 aromatic carbocycles. The molecule has 0 amide bonds. The molecule has 0 aromatic rings. The van der Waals surface area contributed by atoms with Crippen molar-refractivity contribution in [2.75, 3.05) is 0 Å². The number of carbonyl (C=O) groups is 4. The van der Waals surface area contributed by atoms with Crippen LogP contribution in [0.1, 0.15) is 81.1 Å². The third kappa shape index (κ3) is 35.0. The molecule has 0 rings (SSSR count).